The third-order valence-corrected chi connectivity index (χ3v) is 3.95. The Balaban J connectivity index is 2.07. The van der Waals surface area contributed by atoms with Crippen LogP contribution >= 0.6 is 0 Å². The Hall–Kier alpha value is -0.440. The lowest BCUT2D eigenvalue weighted by atomic mass is 9.99. The van der Waals surface area contributed by atoms with E-state index in [0.29, 0.717) is 0 Å². The van der Waals surface area contributed by atoms with Crippen LogP contribution in [0.5, 0.6) is 0 Å². The van der Waals surface area contributed by atoms with Crippen molar-refractivity contribution in [3.05, 3.63) is 0 Å². The summed E-state index contributed by atoms with van der Waals surface area (Å²) in [5, 5.41) is 76.4. The Morgan fingerprint density at radius 1 is 0.870 bits per heavy atom. The van der Waals surface area contributed by atoms with Gasteiger partial charge in [-0.05, 0) is 0 Å². The lowest BCUT2D eigenvalue weighted by Gasteiger charge is -2.41. The zero-order chi connectivity index (χ0) is 17.3. The smallest absolute Gasteiger partial charge is 0.187 e. The van der Waals surface area contributed by atoms with Crippen molar-refractivity contribution in [2.75, 3.05) is 13.2 Å². The van der Waals surface area contributed by atoms with Gasteiger partial charge in [0.15, 0.2) is 12.6 Å². The largest absolute Gasteiger partial charge is 0.394 e. The normalized spacial score (nSPS) is 49.3. The quantitative estimate of drug-likeness (QED) is 0.238. The Labute approximate surface area is 130 Å². The van der Waals surface area contributed by atoms with Crippen molar-refractivity contribution in [2.45, 2.75) is 61.4 Å². The van der Waals surface area contributed by atoms with Crippen LogP contribution in [0.2, 0.25) is 0 Å². The fourth-order valence-electron chi connectivity index (χ4n) is 2.59. The van der Waals surface area contributed by atoms with Crippen LogP contribution in [0.1, 0.15) is 0 Å². The summed E-state index contributed by atoms with van der Waals surface area (Å²) >= 11 is 0. The van der Waals surface area contributed by atoms with Gasteiger partial charge in [-0.2, -0.15) is 0 Å². The van der Waals surface area contributed by atoms with Crippen LogP contribution in [0.3, 0.4) is 0 Å². The third-order valence-electron chi connectivity index (χ3n) is 3.95. The van der Waals surface area contributed by atoms with Gasteiger partial charge in [0, 0.05) is 0 Å². The van der Waals surface area contributed by atoms with Gasteiger partial charge in [-0.25, -0.2) is 0 Å². The van der Waals surface area contributed by atoms with Crippen LogP contribution in [-0.4, -0.2) is 115 Å². The van der Waals surface area contributed by atoms with E-state index < -0.39 is 74.6 Å². The van der Waals surface area contributed by atoms with Crippen molar-refractivity contribution >= 4 is 0 Å². The van der Waals surface area contributed by atoms with Crippen LogP contribution < -0.4 is 0 Å². The minimum Gasteiger partial charge on any atom is -0.394 e. The molecule has 23 heavy (non-hydrogen) atoms. The average molecular weight is 342 g/mol. The van der Waals surface area contributed by atoms with E-state index in [4.69, 9.17) is 24.4 Å². The van der Waals surface area contributed by atoms with Gasteiger partial charge in [0.25, 0.3) is 0 Å². The molecular weight excluding hydrogens is 320 g/mol. The molecule has 2 heterocycles. The molecule has 0 radical (unpaired) electrons. The molecule has 2 saturated heterocycles. The molecule has 2 aliphatic heterocycles. The van der Waals surface area contributed by atoms with E-state index in [0.717, 1.165) is 0 Å². The molecule has 0 amide bonds. The molecule has 0 aromatic heterocycles. The summed E-state index contributed by atoms with van der Waals surface area (Å²) in [7, 11) is 0. The number of rotatable bonds is 5. The highest BCUT2D eigenvalue weighted by Gasteiger charge is 2.51. The van der Waals surface area contributed by atoms with E-state index in [1.54, 1.807) is 0 Å². The lowest BCUT2D eigenvalue weighted by Crippen LogP contribution is -2.60. The number of hydrogen-bond donors (Lipinski definition) is 8. The Morgan fingerprint density at radius 2 is 1.52 bits per heavy atom. The van der Waals surface area contributed by atoms with Gasteiger partial charge in [0.1, 0.15) is 48.8 Å². The van der Waals surface area contributed by atoms with Gasteiger partial charge in [0.05, 0.1) is 13.2 Å². The maximum atomic E-state index is 9.98. The van der Waals surface area contributed by atoms with Crippen LogP contribution in [-0.2, 0) is 14.2 Å². The van der Waals surface area contributed by atoms with Crippen LogP contribution in [0.4, 0.5) is 0 Å². The second-order valence-corrected chi connectivity index (χ2v) is 5.53. The summed E-state index contributed by atoms with van der Waals surface area (Å²) in [6.07, 6.45) is -15.3. The van der Waals surface area contributed by atoms with Gasteiger partial charge in [-0.3, -0.25) is 0 Å². The van der Waals surface area contributed by atoms with E-state index in [1.165, 1.54) is 0 Å². The molecule has 0 aromatic rings. The Morgan fingerprint density at radius 3 is 2.09 bits per heavy atom. The first-order valence-corrected chi connectivity index (χ1v) is 7.08. The predicted octanol–water partition coefficient (Wildman–Crippen LogP) is -5.40. The molecule has 0 unspecified atom stereocenters. The molecule has 2 fully saturated rings. The lowest BCUT2D eigenvalue weighted by molar-refractivity contribution is -0.322. The Bertz CT molecular complexity index is 382. The summed E-state index contributed by atoms with van der Waals surface area (Å²) in [4.78, 5) is 0. The zero-order valence-corrected chi connectivity index (χ0v) is 12.0. The second kappa shape index (κ2) is 7.63. The highest BCUT2D eigenvalue weighted by atomic mass is 16.7. The van der Waals surface area contributed by atoms with E-state index in [2.05, 4.69) is 0 Å². The number of aliphatic hydroxyl groups excluding tert-OH is 8. The molecule has 11 nitrogen and oxygen atoms in total. The van der Waals surface area contributed by atoms with Gasteiger partial charge in [0.2, 0.25) is 0 Å². The molecule has 2 aliphatic rings. The monoisotopic (exact) mass is 342 g/mol. The van der Waals surface area contributed by atoms with E-state index >= 15 is 0 Å². The highest BCUT2D eigenvalue weighted by molar-refractivity contribution is 4.94. The molecule has 0 aromatic carbocycles. The summed E-state index contributed by atoms with van der Waals surface area (Å²) in [5.41, 5.74) is 0. The SMILES string of the molecule is OC[C@@H](O)[C@@H]1O[C@@H](O[C@@H]2[C@@H](O)[C@@H](O)O[C@H](CO)[C@@H]2O)[C@H](O)[C@H]1O. The van der Waals surface area contributed by atoms with Gasteiger partial charge >= 0.3 is 0 Å². The van der Waals surface area contributed by atoms with Crippen molar-refractivity contribution < 1.29 is 55.1 Å². The maximum absolute atomic E-state index is 9.98. The van der Waals surface area contributed by atoms with Crippen molar-refractivity contribution in [2.24, 2.45) is 0 Å². The maximum Gasteiger partial charge on any atom is 0.187 e. The Kier molecular flexibility index (Phi) is 6.27. The molecular formula is C12H22O11. The van der Waals surface area contributed by atoms with Crippen LogP contribution in [0.15, 0.2) is 0 Å². The number of aliphatic hydroxyl groups is 8. The molecule has 0 bridgehead atoms. The first-order chi connectivity index (χ1) is 10.8. The topological polar surface area (TPSA) is 190 Å². The van der Waals surface area contributed by atoms with Crippen LogP contribution in [0, 0.1) is 0 Å². The molecule has 10 atom stereocenters. The van der Waals surface area contributed by atoms with E-state index in [9.17, 15) is 30.6 Å². The van der Waals surface area contributed by atoms with Crippen molar-refractivity contribution in [1.82, 2.24) is 0 Å². The summed E-state index contributed by atoms with van der Waals surface area (Å²) in [6.45, 7) is -1.39. The van der Waals surface area contributed by atoms with E-state index in [-0.39, 0.29) is 0 Å². The standard InChI is InChI=1S/C12H22O11/c13-1-3(15)9-6(17)7(18)12(22-9)23-10-5(16)4(2-14)21-11(20)8(10)19/h3-20H,1-2H2/t3-,4-,5+,6-,7-,8-,9+,10+,11+,12+/m1/s1. The molecule has 0 aliphatic carbocycles. The summed E-state index contributed by atoms with van der Waals surface area (Å²) in [6, 6.07) is 0. The van der Waals surface area contributed by atoms with Crippen LogP contribution in [0.25, 0.3) is 0 Å². The van der Waals surface area contributed by atoms with Gasteiger partial charge < -0.3 is 55.1 Å². The first kappa shape index (κ1) is 18.9. The highest BCUT2D eigenvalue weighted by Crippen LogP contribution is 2.29. The molecule has 0 saturated carbocycles. The number of ether oxygens (including phenoxy) is 3. The fourth-order valence-corrected chi connectivity index (χ4v) is 2.59. The molecule has 8 N–H and O–H groups in total. The van der Waals surface area contributed by atoms with Crippen molar-refractivity contribution in [3.63, 3.8) is 0 Å². The van der Waals surface area contributed by atoms with Crippen molar-refractivity contribution in [3.8, 4) is 0 Å². The van der Waals surface area contributed by atoms with Crippen molar-refractivity contribution in [1.29, 1.82) is 0 Å². The predicted molar refractivity (Wildman–Crippen MR) is 68.6 cm³/mol. The minimum atomic E-state index is -1.75. The summed E-state index contributed by atoms with van der Waals surface area (Å²) in [5.74, 6) is 0. The molecule has 11 heteroatoms. The first-order valence-electron chi connectivity index (χ1n) is 7.08. The summed E-state index contributed by atoms with van der Waals surface area (Å²) < 4.78 is 15.1. The van der Waals surface area contributed by atoms with Gasteiger partial charge in [-0.1, -0.05) is 0 Å². The molecule has 136 valence electrons. The minimum absolute atomic E-state index is 0.659. The second-order valence-electron chi connectivity index (χ2n) is 5.53. The molecule has 2 rings (SSSR count). The zero-order valence-electron chi connectivity index (χ0n) is 12.0. The van der Waals surface area contributed by atoms with Gasteiger partial charge in [-0.15, -0.1) is 0 Å². The number of hydrogen-bond acceptors (Lipinski definition) is 11. The third kappa shape index (κ3) is 3.65. The fraction of sp³-hybridized carbons (Fsp3) is 1.00. The average Bonchev–Trinajstić information content (AvgIpc) is 2.82. The molecule has 0 spiro atoms. The van der Waals surface area contributed by atoms with E-state index in [1.807, 2.05) is 0 Å².